The Morgan fingerprint density at radius 3 is 2.21 bits per heavy atom. The van der Waals surface area contributed by atoms with Gasteiger partial charge < -0.3 is 20.1 Å². The van der Waals surface area contributed by atoms with Gasteiger partial charge in [0.2, 0.25) is 0 Å². The van der Waals surface area contributed by atoms with E-state index in [1.807, 2.05) is 18.2 Å². The van der Waals surface area contributed by atoms with Crippen LogP contribution in [0.1, 0.15) is 43.5 Å². The molecule has 2 aromatic carbocycles. The lowest BCUT2D eigenvalue weighted by atomic mass is 9.95. The zero-order valence-electron chi connectivity index (χ0n) is 17.6. The Balaban J connectivity index is 1.90. The van der Waals surface area contributed by atoms with E-state index in [0.29, 0.717) is 30.5 Å². The van der Waals surface area contributed by atoms with Crippen LogP contribution in [0.4, 0.5) is 0 Å². The van der Waals surface area contributed by atoms with Gasteiger partial charge in [-0.05, 0) is 29.7 Å². The highest BCUT2D eigenvalue weighted by Gasteiger charge is 2.20. The minimum Gasteiger partial charge on any atom is -0.493 e. The molecule has 0 spiro atoms. The summed E-state index contributed by atoms with van der Waals surface area (Å²) in [5.41, 5.74) is 3.57. The molecule has 0 unspecified atom stereocenters. The number of quaternary nitrogens is 1. The molecule has 2 rings (SSSR count). The van der Waals surface area contributed by atoms with Gasteiger partial charge in [0.1, 0.15) is 6.04 Å². The number of rotatable bonds is 10. The van der Waals surface area contributed by atoms with Crippen molar-refractivity contribution in [3.63, 3.8) is 0 Å². The van der Waals surface area contributed by atoms with Crippen molar-refractivity contribution in [2.45, 2.75) is 39.8 Å². The van der Waals surface area contributed by atoms with Crippen molar-refractivity contribution in [3.05, 3.63) is 59.2 Å². The highest BCUT2D eigenvalue weighted by molar-refractivity contribution is 5.76. The minimum atomic E-state index is 0.0191. The quantitative estimate of drug-likeness (QED) is 0.661. The van der Waals surface area contributed by atoms with Crippen LogP contribution in [0.3, 0.4) is 0 Å². The summed E-state index contributed by atoms with van der Waals surface area (Å²) in [6.45, 7) is 7.40. The molecule has 0 aliphatic rings. The number of carbonyl (C=O) groups is 1. The van der Waals surface area contributed by atoms with Crippen LogP contribution in [0.2, 0.25) is 0 Å². The molecule has 0 fully saturated rings. The number of nitrogens with one attached hydrogen (secondary N) is 1. The van der Waals surface area contributed by atoms with Crippen molar-refractivity contribution < 1.29 is 19.6 Å². The summed E-state index contributed by atoms with van der Waals surface area (Å²) in [4.78, 5) is 12.4. The summed E-state index contributed by atoms with van der Waals surface area (Å²) in [5.74, 6) is 1.80. The molecule has 0 aromatic heterocycles. The predicted octanol–water partition coefficient (Wildman–Crippen LogP) is 2.84. The number of aryl methyl sites for hydroxylation is 1. The smallest absolute Gasteiger partial charge is 0.275 e. The lowest BCUT2D eigenvalue weighted by Crippen LogP contribution is -2.88. The molecular formula is C23H33N2O3+. The molecule has 0 bridgehead atoms. The molecule has 28 heavy (non-hydrogen) atoms. The first-order valence-electron chi connectivity index (χ1n) is 9.88. The second-order valence-corrected chi connectivity index (χ2v) is 7.27. The van der Waals surface area contributed by atoms with Crippen LogP contribution in [-0.4, -0.2) is 26.7 Å². The Hall–Kier alpha value is -2.53. The first kappa shape index (κ1) is 21.8. The SMILES string of the molecule is CCc1ccc([C@H]([NH2+]CC(=O)NCc2ccc(OC)c(OC)c2)C(C)C)cc1. The summed E-state index contributed by atoms with van der Waals surface area (Å²) in [6, 6.07) is 14.6. The van der Waals surface area contributed by atoms with E-state index in [9.17, 15) is 4.79 Å². The third kappa shape index (κ3) is 5.99. The van der Waals surface area contributed by atoms with Crippen molar-refractivity contribution in [2.24, 2.45) is 5.92 Å². The Kier molecular flexibility index (Phi) is 8.33. The Morgan fingerprint density at radius 2 is 1.64 bits per heavy atom. The van der Waals surface area contributed by atoms with Crippen LogP contribution < -0.4 is 20.1 Å². The molecule has 2 aromatic rings. The summed E-state index contributed by atoms with van der Waals surface area (Å²) < 4.78 is 10.6. The van der Waals surface area contributed by atoms with Crippen molar-refractivity contribution in [1.82, 2.24) is 5.32 Å². The van der Waals surface area contributed by atoms with Crippen LogP contribution in [-0.2, 0) is 17.8 Å². The Labute approximate surface area is 168 Å². The standard InChI is InChI=1S/C23H32N2O3/c1-6-17-7-10-19(11-8-17)23(16(2)3)25-15-22(26)24-14-18-9-12-20(27-4)21(13-18)28-5/h7-13,16,23,25H,6,14-15H2,1-5H3,(H,24,26)/p+1/t23-/m1/s1. The van der Waals surface area contributed by atoms with E-state index in [-0.39, 0.29) is 11.9 Å². The van der Waals surface area contributed by atoms with Gasteiger partial charge >= 0.3 is 0 Å². The summed E-state index contributed by atoms with van der Waals surface area (Å²) >= 11 is 0. The number of nitrogens with two attached hydrogens (primary N) is 1. The molecule has 5 nitrogen and oxygen atoms in total. The normalized spacial score (nSPS) is 11.9. The topological polar surface area (TPSA) is 64.2 Å². The number of hydrogen-bond acceptors (Lipinski definition) is 3. The molecule has 1 atom stereocenters. The molecule has 0 aliphatic carbocycles. The van der Waals surface area contributed by atoms with Gasteiger partial charge in [-0.15, -0.1) is 0 Å². The van der Waals surface area contributed by atoms with E-state index in [0.717, 1.165) is 12.0 Å². The molecule has 0 heterocycles. The zero-order chi connectivity index (χ0) is 20.5. The zero-order valence-corrected chi connectivity index (χ0v) is 17.6. The van der Waals surface area contributed by atoms with Gasteiger partial charge in [-0.1, -0.05) is 51.1 Å². The Morgan fingerprint density at radius 1 is 1.00 bits per heavy atom. The van der Waals surface area contributed by atoms with Crippen LogP contribution in [0.25, 0.3) is 0 Å². The molecule has 0 saturated heterocycles. The largest absolute Gasteiger partial charge is 0.493 e. The van der Waals surface area contributed by atoms with Gasteiger partial charge in [-0.3, -0.25) is 4.79 Å². The lowest BCUT2D eigenvalue weighted by Gasteiger charge is -2.20. The highest BCUT2D eigenvalue weighted by Crippen LogP contribution is 2.27. The Bertz CT molecular complexity index is 757. The first-order chi connectivity index (χ1) is 13.5. The third-order valence-electron chi connectivity index (χ3n) is 4.99. The second kappa shape index (κ2) is 10.7. The van der Waals surface area contributed by atoms with Crippen LogP contribution >= 0.6 is 0 Å². The third-order valence-corrected chi connectivity index (χ3v) is 4.99. The minimum absolute atomic E-state index is 0.0191. The first-order valence-corrected chi connectivity index (χ1v) is 9.88. The van der Waals surface area contributed by atoms with E-state index in [1.165, 1.54) is 11.1 Å². The average molecular weight is 386 g/mol. The summed E-state index contributed by atoms with van der Waals surface area (Å²) in [7, 11) is 3.21. The van der Waals surface area contributed by atoms with Crippen molar-refractivity contribution in [2.75, 3.05) is 20.8 Å². The number of amides is 1. The van der Waals surface area contributed by atoms with Gasteiger partial charge in [-0.2, -0.15) is 0 Å². The maximum atomic E-state index is 12.4. The van der Waals surface area contributed by atoms with E-state index in [2.05, 4.69) is 55.7 Å². The molecule has 1 amide bonds. The average Bonchev–Trinajstić information content (AvgIpc) is 2.72. The predicted molar refractivity (Wildman–Crippen MR) is 112 cm³/mol. The maximum Gasteiger partial charge on any atom is 0.275 e. The molecule has 3 N–H and O–H groups in total. The van der Waals surface area contributed by atoms with Crippen molar-refractivity contribution in [1.29, 1.82) is 0 Å². The molecule has 0 aliphatic heterocycles. The molecule has 0 radical (unpaired) electrons. The van der Waals surface area contributed by atoms with Gasteiger partial charge in [0, 0.05) is 18.0 Å². The van der Waals surface area contributed by atoms with Crippen molar-refractivity contribution in [3.8, 4) is 11.5 Å². The van der Waals surface area contributed by atoms with E-state index in [4.69, 9.17) is 9.47 Å². The summed E-state index contributed by atoms with van der Waals surface area (Å²) in [5, 5.41) is 5.11. The van der Waals surface area contributed by atoms with Crippen LogP contribution in [0, 0.1) is 5.92 Å². The maximum absolute atomic E-state index is 12.4. The van der Waals surface area contributed by atoms with E-state index < -0.39 is 0 Å². The number of benzene rings is 2. The molecular weight excluding hydrogens is 352 g/mol. The molecule has 0 saturated carbocycles. The summed E-state index contributed by atoms with van der Waals surface area (Å²) in [6.07, 6.45) is 1.04. The lowest BCUT2D eigenvalue weighted by molar-refractivity contribution is -0.692. The van der Waals surface area contributed by atoms with Gasteiger partial charge in [0.15, 0.2) is 18.0 Å². The number of ether oxygens (including phenoxy) is 2. The van der Waals surface area contributed by atoms with Crippen LogP contribution in [0.15, 0.2) is 42.5 Å². The number of carbonyl (C=O) groups excluding carboxylic acids is 1. The number of hydrogen-bond donors (Lipinski definition) is 2. The number of methoxy groups -OCH3 is 2. The molecule has 152 valence electrons. The monoisotopic (exact) mass is 385 g/mol. The highest BCUT2D eigenvalue weighted by atomic mass is 16.5. The fourth-order valence-corrected chi connectivity index (χ4v) is 3.27. The van der Waals surface area contributed by atoms with E-state index in [1.54, 1.807) is 14.2 Å². The fourth-order valence-electron chi connectivity index (χ4n) is 3.27. The van der Waals surface area contributed by atoms with Crippen molar-refractivity contribution >= 4 is 5.91 Å². The second-order valence-electron chi connectivity index (χ2n) is 7.27. The fraction of sp³-hybridized carbons (Fsp3) is 0.435. The van der Waals surface area contributed by atoms with Gasteiger partial charge in [0.05, 0.1) is 14.2 Å². The van der Waals surface area contributed by atoms with Gasteiger partial charge in [-0.25, -0.2) is 0 Å². The van der Waals surface area contributed by atoms with Gasteiger partial charge in [0.25, 0.3) is 5.91 Å². The van der Waals surface area contributed by atoms with Crippen LogP contribution in [0.5, 0.6) is 11.5 Å². The molecule has 5 heteroatoms. The van der Waals surface area contributed by atoms with E-state index >= 15 is 0 Å².